The Morgan fingerprint density at radius 1 is 1.15 bits per heavy atom. The number of para-hydroxylation sites is 1. The lowest BCUT2D eigenvalue weighted by Crippen LogP contribution is -2.31. The Kier molecular flexibility index (Phi) is 5.65. The Bertz CT molecular complexity index is 1380. The summed E-state index contributed by atoms with van der Waals surface area (Å²) in [5.74, 6) is -0.0451. The van der Waals surface area contributed by atoms with Gasteiger partial charge >= 0.3 is 0 Å². The van der Waals surface area contributed by atoms with Gasteiger partial charge in [-0.3, -0.25) is 9.59 Å². The van der Waals surface area contributed by atoms with Crippen molar-refractivity contribution in [3.8, 4) is 11.3 Å². The molecule has 2 aromatic carbocycles. The fourth-order valence-corrected chi connectivity index (χ4v) is 4.90. The summed E-state index contributed by atoms with van der Waals surface area (Å²) in [5, 5.41) is 13.5. The summed E-state index contributed by atoms with van der Waals surface area (Å²) in [4.78, 5) is 31.8. The van der Waals surface area contributed by atoms with Gasteiger partial charge in [-0.05, 0) is 41.7 Å². The Balaban J connectivity index is 1.27. The molecule has 174 valence electrons. The van der Waals surface area contributed by atoms with E-state index < -0.39 is 0 Å². The lowest BCUT2D eigenvalue weighted by atomic mass is 9.91. The molecular weight excluding hydrogens is 448 g/mol. The third-order valence-corrected chi connectivity index (χ3v) is 6.48. The smallest absolute Gasteiger partial charge is 0.247 e. The molecule has 2 aromatic heterocycles. The first-order chi connectivity index (χ1) is 16.3. The number of benzene rings is 2. The van der Waals surface area contributed by atoms with Crippen LogP contribution in [0.5, 0.6) is 0 Å². The van der Waals surface area contributed by atoms with Crippen molar-refractivity contribution in [3.05, 3.63) is 53.4 Å². The highest BCUT2D eigenvalue weighted by atomic mass is 32.1. The molecule has 0 fully saturated rings. The zero-order chi connectivity index (χ0) is 23.9. The SMILES string of the molecule is CC(C)(C)CC(=O)N1CCc2cc(-c3csc(NC(=O)Cn4nnc5ccccc54)n3)ccc21. The second kappa shape index (κ2) is 8.64. The van der Waals surface area contributed by atoms with Crippen molar-refractivity contribution >= 4 is 45.0 Å². The second-order valence-electron chi connectivity index (χ2n) is 9.70. The van der Waals surface area contributed by atoms with Gasteiger partial charge in [-0.2, -0.15) is 0 Å². The first-order valence-corrected chi connectivity index (χ1v) is 12.1. The molecule has 0 spiro atoms. The molecule has 3 heterocycles. The number of hydrogen-bond acceptors (Lipinski definition) is 6. The number of amides is 2. The van der Waals surface area contributed by atoms with Gasteiger partial charge < -0.3 is 10.2 Å². The summed E-state index contributed by atoms with van der Waals surface area (Å²) in [6, 6.07) is 13.6. The van der Waals surface area contributed by atoms with E-state index in [0.29, 0.717) is 18.1 Å². The van der Waals surface area contributed by atoms with E-state index in [2.05, 4.69) is 47.5 Å². The summed E-state index contributed by atoms with van der Waals surface area (Å²) >= 11 is 1.38. The van der Waals surface area contributed by atoms with Gasteiger partial charge in [-0.15, -0.1) is 16.4 Å². The highest BCUT2D eigenvalue weighted by Gasteiger charge is 2.28. The van der Waals surface area contributed by atoms with Crippen molar-refractivity contribution in [2.24, 2.45) is 5.41 Å². The Morgan fingerprint density at radius 2 is 1.97 bits per heavy atom. The van der Waals surface area contributed by atoms with Crippen LogP contribution in [-0.2, 0) is 22.6 Å². The molecule has 5 rings (SSSR count). The molecule has 4 aromatic rings. The molecule has 0 atom stereocenters. The van der Waals surface area contributed by atoms with Crippen LogP contribution in [-0.4, -0.2) is 38.3 Å². The molecule has 0 saturated carbocycles. The van der Waals surface area contributed by atoms with Crippen LogP contribution in [0.2, 0.25) is 0 Å². The molecule has 8 nitrogen and oxygen atoms in total. The van der Waals surface area contributed by atoms with Crippen molar-refractivity contribution in [1.29, 1.82) is 0 Å². The van der Waals surface area contributed by atoms with E-state index in [4.69, 9.17) is 0 Å². The number of nitrogens with one attached hydrogen (secondary N) is 1. The van der Waals surface area contributed by atoms with Gasteiger partial charge in [0.25, 0.3) is 0 Å². The van der Waals surface area contributed by atoms with E-state index in [1.165, 1.54) is 11.3 Å². The highest BCUT2D eigenvalue weighted by Crippen LogP contribution is 2.35. The predicted molar refractivity (Wildman–Crippen MR) is 134 cm³/mol. The molecule has 0 radical (unpaired) electrons. The van der Waals surface area contributed by atoms with E-state index in [9.17, 15) is 9.59 Å². The van der Waals surface area contributed by atoms with Gasteiger partial charge in [-0.25, -0.2) is 9.67 Å². The van der Waals surface area contributed by atoms with Crippen LogP contribution in [0.25, 0.3) is 22.3 Å². The molecule has 9 heteroatoms. The van der Waals surface area contributed by atoms with Crippen molar-refractivity contribution < 1.29 is 9.59 Å². The first-order valence-electron chi connectivity index (χ1n) is 11.2. The molecule has 2 amide bonds. The number of aromatic nitrogens is 4. The van der Waals surface area contributed by atoms with Gasteiger partial charge in [0.1, 0.15) is 12.1 Å². The van der Waals surface area contributed by atoms with Crippen molar-refractivity contribution in [2.75, 3.05) is 16.8 Å². The van der Waals surface area contributed by atoms with Gasteiger partial charge in [0.15, 0.2) is 5.13 Å². The average Bonchev–Trinajstić information content (AvgIpc) is 3.51. The number of thiazole rings is 1. The number of nitrogens with zero attached hydrogens (tertiary/aromatic N) is 5. The number of hydrogen-bond donors (Lipinski definition) is 1. The zero-order valence-electron chi connectivity index (χ0n) is 19.4. The number of carbonyl (C=O) groups excluding carboxylic acids is 2. The van der Waals surface area contributed by atoms with Crippen LogP contribution in [0.3, 0.4) is 0 Å². The summed E-state index contributed by atoms with van der Waals surface area (Å²) < 4.78 is 1.58. The first kappa shape index (κ1) is 22.2. The summed E-state index contributed by atoms with van der Waals surface area (Å²) in [7, 11) is 0. The molecule has 1 aliphatic rings. The topological polar surface area (TPSA) is 93.0 Å². The molecule has 34 heavy (non-hydrogen) atoms. The average molecular weight is 475 g/mol. The van der Waals surface area contributed by atoms with Crippen LogP contribution in [0.4, 0.5) is 10.8 Å². The lowest BCUT2D eigenvalue weighted by Gasteiger charge is -2.23. The quantitative estimate of drug-likeness (QED) is 0.459. The van der Waals surface area contributed by atoms with Gasteiger partial charge in [0.2, 0.25) is 11.8 Å². The van der Waals surface area contributed by atoms with Gasteiger partial charge in [-0.1, -0.05) is 44.2 Å². The normalized spacial score (nSPS) is 13.3. The summed E-state index contributed by atoms with van der Waals surface area (Å²) in [6.45, 7) is 7.02. The van der Waals surface area contributed by atoms with Crippen LogP contribution in [0.15, 0.2) is 47.8 Å². The molecule has 0 aliphatic carbocycles. The fourth-order valence-electron chi connectivity index (χ4n) is 4.16. The molecule has 1 N–H and O–H groups in total. The van der Waals surface area contributed by atoms with E-state index in [1.54, 1.807) is 4.68 Å². The number of fused-ring (bicyclic) bond motifs is 2. The molecule has 0 unspecified atom stereocenters. The number of anilines is 2. The Morgan fingerprint density at radius 3 is 2.79 bits per heavy atom. The van der Waals surface area contributed by atoms with E-state index >= 15 is 0 Å². The largest absolute Gasteiger partial charge is 0.312 e. The fraction of sp³-hybridized carbons (Fsp3) is 0.320. The van der Waals surface area contributed by atoms with Crippen LogP contribution >= 0.6 is 11.3 Å². The maximum Gasteiger partial charge on any atom is 0.247 e. The maximum absolute atomic E-state index is 12.7. The predicted octanol–water partition coefficient (Wildman–Crippen LogP) is 4.52. The molecule has 1 aliphatic heterocycles. The highest BCUT2D eigenvalue weighted by molar-refractivity contribution is 7.14. The third kappa shape index (κ3) is 4.56. The van der Waals surface area contributed by atoms with E-state index in [0.717, 1.165) is 40.0 Å². The van der Waals surface area contributed by atoms with Crippen LogP contribution in [0.1, 0.15) is 32.8 Å². The third-order valence-electron chi connectivity index (χ3n) is 5.72. The number of rotatable bonds is 5. The van der Waals surface area contributed by atoms with E-state index in [-0.39, 0.29) is 23.8 Å². The number of carbonyl (C=O) groups is 2. The maximum atomic E-state index is 12.7. The standard InChI is InChI=1S/C25H26N6O2S/c1-25(2,3)13-23(33)30-11-10-17-12-16(8-9-20(17)30)19-15-34-24(26-19)27-22(32)14-31-21-7-5-4-6-18(21)28-29-31/h4-9,12,15H,10-11,13-14H2,1-3H3,(H,26,27,32). The van der Waals surface area contributed by atoms with Crippen molar-refractivity contribution in [2.45, 2.75) is 40.2 Å². The molecule has 0 bridgehead atoms. The van der Waals surface area contributed by atoms with Gasteiger partial charge in [0.05, 0.1) is 11.2 Å². The van der Waals surface area contributed by atoms with Crippen LogP contribution in [0, 0.1) is 5.41 Å². The van der Waals surface area contributed by atoms with Gasteiger partial charge in [0, 0.05) is 29.6 Å². The minimum absolute atomic E-state index is 0.0395. The second-order valence-corrected chi connectivity index (χ2v) is 10.6. The van der Waals surface area contributed by atoms with Crippen molar-refractivity contribution in [3.63, 3.8) is 0 Å². The molecular formula is C25H26N6O2S. The zero-order valence-corrected chi connectivity index (χ0v) is 20.2. The van der Waals surface area contributed by atoms with Crippen LogP contribution < -0.4 is 10.2 Å². The summed E-state index contributed by atoms with van der Waals surface area (Å²) in [5.41, 5.74) is 5.44. The minimum atomic E-state index is -0.210. The summed E-state index contributed by atoms with van der Waals surface area (Å²) in [6.07, 6.45) is 1.35. The lowest BCUT2D eigenvalue weighted by molar-refractivity contribution is -0.120. The monoisotopic (exact) mass is 474 g/mol. The molecule has 0 saturated heterocycles. The minimum Gasteiger partial charge on any atom is -0.312 e. The van der Waals surface area contributed by atoms with Crippen molar-refractivity contribution in [1.82, 2.24) is 20.0 Å². The van der Waals surface area contributed by atoms with E-state index in [1.807, 2.05) is 46.7 Å². The Labute approximate surface area is 201 Å². The Hall–Kier alpha value is -3.59.